The first kappa shape index (κ1) is 15.1. The maximum atomic E-state index is 13.5. The van der Waals surface area contributed by atoms with Crippen molar-refractivity contribution in [2.24, 2.45) is 0 Å². The summed E-state index contributed by atoms with van der Waals surface area (Å²) < 4.78 is 19.9. The maximum absolute atomic E-state index is 13.5. The molecule has 0 amide bonds. The van der Waals surface area contributed by atoms with E-state index in [1.54, 1.807) is 0 Å². The third-order valence-electron chi connectivity index (χ3n) is 2.95. The molecule has 0 aliphatic rings. The van der Waals surface area contributed by atoms with Gasteiger partial charge in [-0.2, -0.15) is 0 Å². The van der Waals surface area contributed by atoms with Gasteiger partial charge >= 0.3 is 5.97 Å². The summed E-state index contributed by atoms with van der Waals surface area (Å²) in [5, 5.41) is 0.0224. The van der Waals surface area contributed by atoms with Crippen LogP contribution in [0.4, 0.5) is 4.39 Å². The molecule has 1 aromatic heterocycles. The zero-order chi connectivity index (χ0) is 14.7. The van der Waals surface area contributed by atoms with E-state index in [0.29, 0.717) is 35.7 Å². The summed E-state index contributed by atoms with van der Waals surface area (Å²) in [6.07, 6.45) is 0.725. The average Bonchev–Trinajstić information content (AvgIpc) is 2.74. The van der Waals surface area contributed by atoms with Crippen molar-refractivity contribution in [1.82, 2.24) is 9.55 Å². The van der Waals surface area contributed by atoms with Gasteiger partial charge in [-0.05, 0) is 6.07 Å². The monoisotopic (exact) mass is 318 g/mol. The quantitative estimate of drug-likeness (QED) is 0.628. The Morgan fingerprint density at radius 1 is 1.50 bits per heavy atom. The van der Waals surface area contributed by atoms with E-state index in [1.165, 1.54) is 19.2 Å². The minimum atomic E-state index is -0.519. The molecule has 2 rings (SSSR count). The number of halogens is 3. The van der Waals surface area contributed by atoms with Crippen molar-refractivity contribution in [1.29, 1.82) is 0 Å². The fourth-order valence-electron chi connectivity index (χ4n) is 2.00. The largest absolute Gasteiger partial charge is 0.469 e. The topological polar surface area (TPSA) is 44.1 Å². The highest BCUT2D eigenvalue weighted by Gasteiger charge is 2.14. The summed E-state index contributed by atoms with van der Waals surface area (Å²) in [6.45, 7) is 0.386. The fraction of sp³-hybridized carbons (Fsp3) is 0.385. The number of methoxy groups -OCH3 is 1. The van der Waals surface area contributed by atoms with Gasteiger partial charge in [0.25, 0.3) is 0 Å². The van der Waals surface area contributed by atoms with Crippen molar-refractivity contribution < 1.29 is 13.9 Å². The second kappa shape index (κ2) is 6.41. The smallest absolute Gasteiger partial charge is 0.307 e. The van der Waals surface area contributed by atoms with Gasteiger partial charge in [-0.3, -0.25) is 4.79 Å². The van der Waals surface area contributed by atoms with Crippen molar-refractivity contribution in [2.75, 3.05) is 13.0 Å². The minimum absolute atomic E-state index is 0.0224. The molecule has 0 saturated heterocycles. The average molecular weight is 319 g/mol. The molecule has 4 nitrogen and oxygen atoms in total. The number of carbonyl (C=O) groups is 1. The first-order valence-corrected chi connectivity index (χ1v) is 6.95. The molecular formula is C13H13Cl2FN2O2. The molecule has 7 heteroatoms. The van der Waals surface area contributed by atoms with E-state index in [-0.39, 0.29) is 17.4 Å². The van der Waals surface area contributed by atoms with E-state index in [0.717, 1.165) is 0 Å². The molecule has 0 bridgehead atoms. The van der Waals surface area contributed by atoms with E-state index in [9.17, 15) is 9.18 Å². The number of aryl methyl sites for hydroxylation is 2. The molecule has 0 spiro atoms. The molecule has 0 aliphatic carbocycles. The molecule has 0 fully saturated rings. The van der Waals surface area contributed by atoms with Crippen LogP contribution in [0.2, 0.25) is 5.02 Å². The Hall–Kier alpha value is -1.33. The highest BCUT2D eigenvalue weighted by molar-refractivity contribution is 6.31. The SMILES string of the molecule is COC(=O)CCn1c(CCCl)nc2cc(F)c(Cl)cc21. The Bertz CT molecular complexity index is 643. The van der Waals surface area contributed by atoms with Crippen LogP contribution in [-0.4, -0.2) is 28.5 Å². The first-order valence-electron chi connectivity index (χ1n) is 6.03. The summed E-state index contributed by atoms with van der Waals surface area (Å²) in [4.78, 5) is 15.6. The first-order chi connectivity index (χ1) is 9.56. The molecule has 0 aliphatic heterocycles. The van der Waals surface area contributed by atoms with Crippen LogP contribution in [-0.2, 0) is 22.5 Å². The second-order valence-electron chi connectivity index (χ2n) is 4.20. The maximum Gasteiger partial charge on any atom is 0.307 e. The third-order valence-corrected chi connectivity index (χ3v) is 3.43. The fourth-order valence-corrected chi connectivity index (χ4v) is 2.33. The zero-order valence-electron chi connectivity index (χ0n) is 10.8. The molecular weight excluding hydrogens is 306 g/mol. The van der Waals surface area contributed by atoms with Crippen LogP contribution in [0.1, 0.15) is 12.2 Å². The number of hydrogen-bond acceptors (Lipinski definition) is 3. The second-order valence-corrected chi connectivity index (χ2v) is 4.98. The lowest BCUT2D eigenvalue weighted by atomic mass is 10.3. The number of alkyl halides is 1. The Balaban J connectivity index is 2.44. The van der Waals surface area contributed by atoms with Gasteiger partial charge in [0.1, 0.15) is 11.6 Å². The number of esters is 1. The van der Waals surface area contributed by atoms with Crippen molar-refractivity contribution in [3.8, 4) is 0 Å². The molecule has 20 heavy (non-hydrogen) atoms. The third kappa shape index (κ3) is 3.04. The predicted octanol–water partition coefficient (Wildman–Crippen LogP) is 3.17. The van der Waals surface area contributed by atoms with Crippen LogP contribution in [0, 0.1) is 5.82 Å². The van der Waals surface area contributed by atoms with Crippen molar-refractivity contribution in [3.05, 3.63) is 28.8 Å². The molecule has 0 N–H and O–H groups in total. The van der Waals surface area contributed by atoms with Crippen molar-refractivity contribution in [3.63, 3.8) is 0 Å². The molecule has 0 saturated carbocycles. The van der Waals surface area contributed by atoms with Crippen LogP contribution < -0.4 is 0 Å². The van der Waals surface area contributed by atoms with Gasteiger partial charge in [0.2, 0.25) is 0 Å². The Morgan fingerprint density at radius 3 is 2.90 bits per heavy atom. The normalized spacial score (nSPS) is 11.0. The molecule has 1 aromatic carbocycles. The van der Waals surface area contributed by atoms with Gasteiger partial charge in [-0.1, -0.05) is 11.6 Å². The predicted molar refractivity (Wildman–Crippen MR) is 75.8 cm³/mol. The minimum Gasteiger partial charge on any atom is -0.469 e. The Morgan fingerprint density at radius 2 is 2.25 bits per heavy atom. The van der Waals surface area contributed by atoms with Gasteiger partial charge in [-0.25, -0.2) is 9.37 Å². The number of fused-ring (bicyclic) bond motifs is 1. The van der Waals surface area contributed by atoms with Crippen molar-refractivity contribution in [2.45, 2.75) is 19.4 Å². The van der Waals surface area contributed by atoms with Crippen LogP contribution >= 0.6 is 23.2 Å². The van der Waals surface area contributed by atoms with Gasteiger partial charge in [0, 0.05) is 24.9 Å². The van der Waals surface area contributed by atoms with E-state index in [4.69, 9.17) is 23.2 Å². The highest BCUT2D eigenvalue weighted by Crippen LogP contribution is 2.24. The van der Waals surface area contributed by atoms with E-state index in [1.807, 2.05) is 4.57 Å². The highest BCUT2D eigenvalue weighted by atomic mass is 35.5. The summed E-state index contributed by atoms with van der Waals surface area (Å²) in [5.41, 5.74) is 1.18. The number of carbonyl (C=O) groups excluding carboxylic acids is 1. The van der Waals surface area contributed by atoms with E-state index < -0.39 is 5.82 Å². The van der Waals surface area contributed by atoms with E-state index in [2.05, 4.69) is 9.72 Å². The summed E-state index contributed by atoms with van der Waals surface area (Å²) in [6, 6.07) is 2.79. The number of aromatic nitrogens is 2. The molecule has 0 atom stereocenters. The summed E-state index contributed by atoms with van der Waals surface area (Å²) in [5.74, 6) is 0.240. The van der Waals surface area contributed by atoms with Crippen LogP contribution in [0.5, 0.6) is 0 Å². The number of hydrogen-bond donors (Lipinski definition) is 0. The lowest BCUT2D eigenvalue weighted by molar-refractivity contribution is -0.140. The molecule has 108 valence electrons. The molecule has 0 unspecified atom stereocenters. The number of ether oxygens (including phenoxy) is 1. The Labute approximate surface area is 125 Å². The number of benzene rings is 1. The zero-order valence-corrected chi connectivity index (χ0v) is 12.3. The standard InChI is InChI=1S/C13H13Cl2FN2O2/c1-20-13(19)3-5-18-11-6-8(15)9(16)7-10(11)17-12(18)2-4-14/h6-7H,2-5H2,1H3. The molecule has 0 radical (unpaired) electrons. The lowest BCUT2D eigenvalue weighted by Gasteiger charge is -2.07. The van der Waals surface area contributed by atoms with E-state index >= 15 is 0 Å². The van der Waals surface area contributed by atoms with Crippen molar-refractivity contribution >= 4 is 40.2 Å². The molecule has 2 aromatic rings. The van der Waals surface area contributed by atoms with Crippen LogP contribution in [0.15, 0.2) is 12.1 Å². The van der Waals surface area contributed by atoms with Gasteiger partial charge in [0.15, 0.2) is 0 Å². The van der Waals surface area contributed by atoms with Crippen LogP contribution in [0.25, 0.3) is 11.0 Å². The summed E-state index contributed by atoms with van der Waals surface area (Å²) in [7, 11) is 1.33. The van der Waals surface area contributed by atoms with Gasteiger partial charge < -0.3 is 9.30 Å². The van der Waals surface area contributed by atoms with Gasteiger partial charge in [0.05, 0.1) is 29.6 Å². The Kier molecular flexibility index (Phi) is 4.83. The number of rotatable bonds is 5. The lowest BCUT2D eigenvalue weighted by Crippen LogP contribution is -2.10. The molecule has 1 heterocycles. The van der Waals surface area contributed by atoms with Crippen LogP contribution in [0.3, 0.4) is 0 Å². The number of imidazole rings is 1. The van der Waals surface area contributed by atoms with Gasteiger partial charge in [-0.15, -0.1) is 11.6 Å². The number of nitrogens with zero attached hydrogens (tertiary/aromatic N) is 2. The summed E-state index contributed by atoms with van der Waals surface area (Å²) >= 11 is 11.5.